The number of nitrogens with zero attached hydrogens (tertiary/aromatic N) is 3. The van der Waals surface area contributed by atoms with Gasteiger partial charge in [-0.15, -0.1) is 0 Å². The molecular weight excluding hydrogens is 426 g/mol. The van der Waals surface area contributed by atoms with Crippen molar-refractivity contribution >= 4 is 33.2 Å². The predicted molar refractivity (Wildman–Crippen MR) is 116 cm³/mol. The highest BCUT2D eigenvalue weighted by Crippen LogP contribution is 2.43. The van der Waals surface area contributed by atoms with Crippen LogP contribution in [0.1, 0.15) is 43.1 Å². The van der Waals surface area contributed by atoms with Crippen molar-refractivity contribution in [3.63, 3.8) is 0 Å². The van der Waals surface area contributed by atoms with Crippen molar-refractivity contribution in [2.24, 2.45) is 0 Å². The van der Waals surface area contributed by atoms with Crippen molar-refractivity contribution in [1.29, 1.82) is 0 Å². The minimum atomic E-state index is -3.23. The second kappa shape index (κ2) is 7.51. The van der Waals surface area contributed by atoms with E-state index in [0.29, 0.717) is 41.5 Å². The van der Waals surface area contributed by atoms with E-state index in [4.69, 9.17) is 16.3 Å². The van der Waals surface area contributed by atoms with Crippen LogP contribution in [0.3, 0.4) is 0 Å². The third kappa shape index (κ3) is 3.57. The lowest BCUT2D eigenvalue weighted by molar-refractivity contribution is 0.0982. The standard InChI is InChI=1S/C21H24ClN3O4S/c1-4-30(27,28)24-8-7-16(13-24)29-17-10-15(11-23-12-17)25-20(26)18-6-5-14(22)9-19(18)21(25,2)3/h5-6,9-12,16H,4,7-8,13H2,1-3H3/t16-/m1/s1. The molecular formula is C21H24ClN3O4S. The van der Waals surface area contributed by atoms with Gasteiger partial charge in [-0.25, -0.2) is 8.42 Å². The topological polar surface area (TPSA) is 79.8 Å². The fraction of sp³-hybridized carbons (Fsp3) is 0.429. The predicted octanol–water partition coefficient (Wildman–Crippen LogP) is 3.43. The first kappa shape index (κ1) is 21.1. The summed E-state index contributed by atoms with van der Waals surface area (Å²) in [7, 11) is -3.23. The molecule has 0 radical (unpaired) electrons. The molecule has 30 heavy (non-hydrogen) atoms. The molecule has 160 valence electrons. The van der Waals surface area contributed by atoms with Crippen LogP contribution < -0.4 is 9.64 Å². The Morgan fingerprint density at radius 3 is 2.77 bits per heavy atom. The van der Waals surface area contributed by atoms with Crippen molar-refractivity contribution in [2.45, 2.75) is 38.8 Å². The molecule has 1 fully saturated rings. The zero-order chi connectivity index (χ0) is 21.7. The number of amides is 1. The number of rotatable bonds is 5. The molecule has 0 bridgehead atoms. The van der Waals surface area contributed by atoms with E-state index >= 15 is 0 Å². The van der Waals surface area contributed by atoms with Gasteiger partial charge in [0.25, 0.3) is 5.91 Å². The molecule has 1 saturated heterocycles. The maximum Gasteiger partial charge on any atom is 0.259 e. The third-order valence-corrected chi connectivity index (χ3v) is 7.84. The van der Waals surface area contributed by atoms with E-state index < -0.39 is 15.6 Å². The SMILES string of the molecule is CCS(=O)(=O)N1CC[C@@H](Oc2cncc(N3C(=O)c4ccc(Cl)cc4C3(C)C)c2)C1. The number of hydrogen-bond acceptors (Lipinski definition) is 5. The summed E-state index contributed by atoms with van der Waals surface area (Å²) in [5.74, 6) is 0.463. The number of carbonyl (C=O) groups excluding carboxylic acids is 1. The van der Waals surface area contributed by atoms with Crippen molar-refractivity contribution in [3.05, 3.63) is 52.8 Å². The number of halogens is 1. The molecule has 0 N–H and O–H groups in total. The second-order valence-electron chi connectivity index (χ2n) is 8.06. The monoisotopic (exact) mass is 449 g/mol. The molecule has 0 aliphatic carbocycles. The second-order valence-corrected chi connectivity index (χ2v) is 10.7. The van der Waals surface area contributed by atoms with Crippen LogP contribution in [0.5, 0.6) is 5.75 Å². The molecule has 1 aromatic carbocycles. The number of sulfonamides is 1. The summed E-state index contributed by atoms with van der Waals surface area (Å²) in [6.45, 7) is 6.33. The van der Waals surface area contributed by atoms with Gasteiger partial charge in [0, 0.05) is 23.2 Å². The summed E-state index contributed by atoms with van der Waals surface area (Å²) in [5.41, 5.74) is 1.50. The molecule has 2 aromatic rings. The number of benzene rings is 1. The Morgan fingerprint density at radius 1 is 1.27 bits per heavy atom. The molecule has 0 unspecified atom stereocenters. The van der Waals surface area contributed by atoms with Gasteiger partial charge in [-0.2, -0.15) is 4.31 Å². The largest absolute Gasteiger partial charge is 0.487 e. The first-order chi connectivity index (χ1) is 14.1. The molecule has 1 amide bonds. The van der Waals surface area contributed by atoms with Crippen LogP contribution in [0.4, 0.5) is 5.69 Å². The molecule has 9 heteroatoms. The van der Waals surface area contributed by atoms with Crippen LogP contribution in [-0.4, -0.2) is 48.6 Å². The number of hydrogen-bond donors (Lipinski definition) is 0. The van der Waals surface area contributed by atoms with Gasteiger partial charge in [0.1, 0.15) is 11.9 Å². The molecule has 2 aliphatic rings. The van der Waals surface area contributed by atoms with Crippen LogP contribution >= 0.6 is 11.6 Å². The summed E-state index contributed by atoms with van der Waals surface area (Å²) in [6, 6.07) is 7.06. The van der Waals surface area contributed by atoms with Gasteiger partial charge in [0.15, 0.2) is 0 Å². The highest BCUT2D eigenvalue weighted by atomic mass is 35.5. The van der Waals surface area contributed by atoms with E-state index in [2.05, 4.69) is 4.98 Å². The average Bonchev–Trinajstić information content (AvgIpc) is 3.24. The zero-order valence-corrected chi connectivity index (χ0v) is 18.7. The Morgan fingerprint density at radius 2 is 2.03 bits per heavy atom. The molecule has 7 nitrogen and oxygen atoms in total. The summed E-state index contributed by atoms with van der Waals surface area (Å²) >= 11 is 6.16. The van der Waals surface area contributed by atoms with E-state index in [1.165, 1.54) is 4.31 Å². The Kier molecular flexibility index (Phi) is 5.28. The normalized spacial score (nSPS) is 21.1. The van der Waals surface area contributed by atoms with E-state index in [0.717, 1.165) is 5.56 Å². The number of carbonyl (C=O) groups is 1. The van der Waals surface area contributed by atoms with Crippen LogP contribution in [0.15, 0.2) is 36.7 Å². The van der Waals surface area contributed by atoms with Crippen molar-refractivity contribution < 1.29 is 17.9 Å². The minimum absolute atomic E-state index is 0.0769. The molecule has 1 atom stereocenters. The first-order valence-electron chi connectivity index (χ1n) is 9.87. The maximum absolute atomic E-state index is 13.1. The quantitative estimate of drug-likeness (QED) is 0.698. The van der Waals surface area contributed by atoms with Crippen molar-refractivity contribution in [2.75, 3.05) is 23.7 Å². The van der Waals surface area contributed by atoms with E-state index in [9.17, 15) is 13.2 Å². The van der Waals surface area contributed by atoms with Gasteiger partial charge < -0.3 is 4.74 Å². The number of pyridine rings is 1. The summed E-state index contributed by atoms with van der Waals surface area (Å²) in [5, 5.41) is 0.583. The zero-order valence-electron chi connectivity index (χ0n) is 17.1. The van der Waals surface area contributed by atoms with Gasteiger partial charge >= 0.3 is 0 Å². The van der Waals surface area contributed by atoms with Crippen molar-refractivity contribution in [3.8, 4) is 5.75 Å². The number of fused-ring (bicyclic) bond motifs is 1. The molecule has 1 aromatic heterocycles. The van der Waals surface area contributed by atoms with E-state index in [1.807, 2.05) is 19.9 Å². The smallest absolute Gasteiger partial charge is 0.259 e. The maximum atomic E-state index is 13.1. The van der Waals surface area contributed by atoms with Gasteiger partial charge in [0.2, 0.25) is 10.0 Å². The summed E-state index contributed by atoms with van der Waals surface area (Å²) in [4.78, 5) is 19.1. The van der Waals surface area contributed by atoms with Crippen LogP contribution in [0.2, 0.25) is 5.02 Å². The summed E-state index contributed by atoms with van der Waals surface area (Å²) in [6.07, 6.45) is 3.57. The molecule has 0 spiro atoms. The molecule has 0 saturated carbocycles. The average molecular weight is 450 g/mol. The lowest BCUT2D eigenvalue weighted by Crippen LogP contribution is -2.39. The third-order valence-electron chi connectivity index (χ3n) is 5.76. The van der Waals surface area contributed by atoms with Crippen LogP contribution in [-0.2, 0) is 15.6 Å². The Labute approximate surface area is 181 Å². The Balaban J connectivity index is 1.57. The van der Waals surface area contributed by atoms with E-state index in [-0.39, 0.29) is 17.8 Å². The summed E-state index contributed by atoms with van der Waals surface area (Å²) < 4.78 is 31.6. The van der Waals surface area contributed by atoms with Gasteiger partial charge in [-0.1, -0.05) is 11.6 Å². The highest BCUT2D eigenvalue weighted by molar-refractivity contribution is 7.89. The fourth-order valence-corrected chi connectivity index (χ4v) is 5.47. The van der Waals surface area contributed by atoms with E-state index in [1.54, 1.807) is 42.4 Å². The number of aromatic nitrogens is 1. The lowest BCUT2D eigenvalue weighted by atomic mass is 9.93. The van der Waals surface area contributed by atoms with Crippen molar-refractivity contribution in [1.82, 2.24) is 9.29 Å². The highest BCUT2D eigenvalue weighted by Gasteiger charge is 2.44. The number of ether oxygens (including phenoxy) is 1. The molecule has 4 rings (SSSR count). The van der Waals surface area contributed by atoms with Gasteiger partial charge in [-0.05, 0) is 51.0 Å². The Hall–Kier alpha value is -2.16. The Bertz CT molecular complexity index is 1100. The van der Waals surface area contributed by atoms with Crippen LogP contribution in [0.25, 0.3) is 0 Å². The van der Waals surface area contributed by atoms with Crippen LogP contribution in [0, 0.1) is 0 Å². The van der Waals surface area contributed by atoms with Gasteiger partial charge in [0.05, 0.1) is 35.9 Å². The fourth-order valence-electron chi connectivity index (χ4n) is 4.16. The first-order valence-corrected chi connectivity index (χ1v) is 11.9. The minimum Gasteiger partial charge on any atom is -0.487 e. The molecule has 2 aliphatic heterocycles. The lowest BCUT2D eigenvalue weighted by Gasteiger charge is -2.32. The molecule has 3 heterocycles. The van der Waals surface area contributed by atoms with Gasteiger partial charge in [-0.3, -0.25) is 14.7 Å². The number of anilines is 1.